The van der Waals surface area contributed by atoms with Crippen LogP contribution in [0, 0.1) is 11.8 Å². The summed E-state index contributed by atoms with van der Waals surface area (Å²) in [5, 5.41) is 9.36. The van der Waals surface area contributed by atoms with E-state index in [4.69, 9.17) is 0 Å². The van der Waals surface area contributed by atoms with Gasteiger partial charge in [-0.2, -0.15) is 17.4 Å². The Morgan fingerprint density at radius 1 is 1.42 bits per heavy atom. The van der Waals surface area contributed by atoms with Gasteiger partial charge in [-0.25, -0.2) is 4.79 Å². The molecule has 1 fully saturated rings. The average molecular weight is 294 g/mol. The Hall–Kier alpha value is -0.700. The summed E-state index contributed by atoms with van der Waals surface area (Å²) in [4.78, 5) is 11.0. The van der Waals surface area contributed by atoms with Crippen molar-refractivity contribution in [2.75, 3.05) is 26.7 Å². The smallest absolute Gasteiger partial charge is 0.336 e. The topological polar surface area (TPSA) is 95.9 Å². The molecule has 1 saturated heterocycles. The van der Waals surface area contributed by atoms with Crippen molar-refractivity contribution in [3.63, 3.8) is 0 Å². The summed E-state index contributed by atoms with van der Waals surface area (Å²) < 4.78 is 32.0. The molecule has 1 aliphatic rings. The van der Waals surface area contributed by atoms with Crippen LogP contribution in [0.15, 0.2) is 0 Å². The van der Waals surface area contributed by atoms with Gasteiger partial charge in [0.2, 0.25) is 0 Å². The second-order valence-corrected chi connectivity index (χ2v) is 6.91. The first-order valence-corrected chi connectivity index (χ1v) is 7.71. The van der Waals surface area contributed by atoms with E-state index < -0.39 is 22.3 Å². The average Bonchev–Trinajstić information content (AvgIpc) is 2.33. The van der Waals surface area contributed by atoms with Crippen LogP contribution in [0.1, 0.15) is 20.3 Å². The van der Waals surface area contributed by atoms with Gasteiger partial charge in [-0.1, -0.05) is 13.8 Å². The maximum atomic E-state index is 12.0. The number of carbonyl (C=O) groups excluding carboxylic acids is 1. The van der Waals surface area contributed by atoms with Gasteiger partial charge in [0, 0.05) is 19.6 Å². The van der Waals surface area contributed by atoms with Gasteiger partial charge in [0.1, 0.15) is 0 Å². The number of aliphatic hydroxyl groups is 1. The minimum Gasteiger partial charge on any atom is -0.467 e. The first kappa shape index (κ1) is 16.4. The largest absolute Gasteiger partial charge is 0.467 e. The number of aliphatic hydroxyl groups excluding tert-OH is 1. The van der Waals surface area contributed by atoms with E-state index in [0.29, 0.717) is 24.9 Å². The van der Waals surface area contributed by atoms with E-state index in [9.17, 15) is 18.3 Å². The van der Waals surface area contributed by atoms with Crippen LogP contribution in [0.5, 0.6) is 0 Å². The number of methoxy groups -OCH3 is 1. The number of nitrogens with zero attached hydrogens (tertiary/aromatic N) is 1. The summed E-state index contributed by atoms with van der Waals surface area (Å²) in [7, 11) is -2.54. The summed E-state index contributed by atoms with van der Waals surface area (Å²) in [5.41, 5.74) is 0. The number of carbonyl (C=O) groups is 1. The van der Waals surface area contributed by atoms with Crippen LogP contribution in [0.4, 0.5) is 0 Å². The predicted octanol–water partition coefficient (Wildman–Crippen LogP) is -0.667. The van der Waals surface area contributed by atoms with Crippen LogP contribution in [0.3, 0.4) is 0 Å². The molecule has 19 heavy (non-hydrogen) atoms. The van der Waals surface area contributed by atoms with E-state index in [0.717, 1.165) is 13.5 Å². The normalized spacial score (nSPS) is 26.9. The van der Waals surface area contributed by atoms with Gasteiger partial charge in [-0.05, 0) is 18.3 Å². The molecule has 0 spiro atoms. The minimum atomic E-state index is -3.67. The maximum absolute atomic E-state index is 12.0. The molecule has 1 heterocycles. The Morgan fingerprint density at radius 3 is 2.42 bits per heavy atom. The second-order valence-electron chi connectivity index (χ2n) is 5.16. The molecule has 8 heteroatoms. The number of piperidine rings is 1. The van der Waals surface area contributed by atoms with Crippen molar-refractivity contribution in [1.82, 2.24) is 9.03 Å². The lowest BCUT2D eigenvalue weighted by atomic mass is 9.94. The summed E-state index contributed by atoms with van der Waals surface area (Å²) in [5.74, 6) is -0.264. The highest BCUT2D eigenvalue weighted by molar-refractivity contribution is 7.87. The molecule has 0 aromatic heterocycles. The lowest BCUT2D eigenvalue weighted by Crippen LogP contribution is -2.50. The van der Waals surface area contributed by atoms with Crippen molar-refractivity contribution in [3.8, 4) is 0 Å². The SMILES string of the molecule is COC(=O)[C@H](O)CNS(=O)(=O)N1C[C@H](C)C[C@@H](C)C1. The highest BCUT2D eigenvalue weighted by Gasteiger charge is 2.31. The van der Waals surface area contributed by atoms with Gasteiger partial charge in [-0.15, -0.1) is 0 Å². The van der Waals surface area contributed by atoms with Gasteiger partial charge < -0.3 is 9.84 Å². The molecule has 0 aromatic carbocycles. The second kappa shape index (κ2) is 6.65. The number of nitrogens with one attached hydrogen (secondary N) is 1. The highest BCUT2D eigenvalue weighted by atomic mass is 32.2. The lowest BCUT2D eigenvalue weighted by Gasteiger charge is -2.34. The van der Waals surface area contributed by atoms with Gasteiger partial charge in [0.25, 0.3) is 10.2 Å². The zero-order valence-corrected chi connectivity index (χ0v) is 12.3. The van der Waals surface area contributed by atoms with Crippen molar-refractivity contribution in [3.05, 3.63) is 0 Å². The summed E-state index contributed by atoms with van der Waals surface area (Å²) in [6, 6.07) is 0. The molecular weight excluding hydrogens is 272 g/mol. The highest BCUT2D eigenvalue weighted by Crippen LogP contribution is 2.22. The van der Waals surface area contributed by atoms with Crippen LogP contribution < -0.4 is 4.72 Å². The standard InChI is InChI=1S/C11H22N2O5S/c1-8-4-9(2)7-13(6-8)19(16,17)12-5-10(14)11(15)18-3/h8-10,12,14H,4-7H2,1-3H3/t8-,9-,10-/m1/s1. The van der Waals surface area contributed by atoms with E-state index in [-0.39, 0.29) is 6.54 Å². The fourth-order valence-corrected chi connectivity index (χ4v) is 3.75. The molecule has 112 valence electrons. The van der Waals surface area contributed by atoms with Gasteiger partial charge in [0.05, 0.1) is 7.11 Å². The van der Waals surface area contributed by atoms with E-state index in [1.807, 2.05) is 13.8 Å². The van der Waals surface area contributed by atoms with Crippen molar-refractivity contribution < 1.29 is 23.1 Å². The van der Waals surface area contributed by atoms with Crippen molar-refractivity contribution in [2.24, 2.45) is 11.8 Å². The Bertz CT molecular complexity index is 401. The van der Waals surface area contributed by atoms with Crippen molar-refractivity contribution in [2.45, 2.75) is 26.4 Å². The first-order chi connectivity index (χ1) is 8.76. The molecule has 0 radical (unpaired) electrons. The van der Waals surface area contributed by atoms with Crippen LogP contribution in [0.2, 0.25) is 0 Å². The number of rotatable bonds is 5. The summed E-state index contributed by atoms with van der Waals surface area (Å²) >= 11 is 0. The predicted molar refractivity (Wildman–Crippen MR) is 69.5 cm³/mol. The molecule has 0 bridgehead atoms. The Balaban J connectivity index is 2.58. The van der Waals surface area contributed by atoms with Crippen molar-refractivity contribution >= 4 is 16.2 Å². The molecule has 0 saturated carbocycles. The van der Waals surface area contributed by atoms with E-state index in [1.165, 1.54) is 4.31 Å². The molecule has 1 rings (SSSR count). The van der Waals surface area contributed by atoms with E-state index >= 15 is 0 Å². The lowest BCUT2D eigenvalue weighted by molar-refractivity contribution is -0.149. The summed E-state index contributed by atoms with van der Waals surface area (Å²) in [6.07, 6.45) is -0.490. The van der Waals surface area contributed by atoms with Gasteiger partial charge >= 0.3 is 5.97 Å². The maximum Gasteiger partial charge on any atom is 0.336 e. The third-order valence-corrected chi connectivity index (χ3v) is 4.62. The Kier molecular flexibility index (Phi) is 5.72. The fourth-order valence-electron chi connectivity index (χ4n) is 2.30. The quantitative estimate of drug-likeness (QED) is 0.656. The zero-order valence-electron chi connectivity index (χ0n) is 11.5. The zero-order chi connectivity index (χ0) is 14.6. The van der Waals surface area contributed by atoms with Crippen LogP contribution in [-0.4, -0.2) is 56.6 Å². The van der Waals surface area contributed by atoms with E-state index in [1.54, 1.807) is 0 Å². The Morgan fingerprint density at radius 2 is 1.95 bits per heavy atom. The molecule has 0 amide bonds. The molecular formula is C11H22N2O5S. The van der Waals surface area contributed by atoms with Crippen molar-refractivity contribution in [1.29, 1.82) is 0 Å². The number of hydrogen-bond donors (Lipinski definition) is 2. The number of esters is 1. The minimum absolute atomic E-state index is 0.297. The number of hydrogen-bond acceptors (Lipinski definition) is 5. The summed E-state index contributed by atoms with van der Waals surface area (Å²) in [6.45, 7) is 4.53. The third kappa shape index (κ3) is 4.72. The third-order valence-electron chi connectivity index (χ3n) is 3.11. The molecule has 2 N–H and O–H groups in total. The molecule has 0 unspecified atom stereocenters. The molecule has 7 nitrogen and oxygen atoms in total. The van der Waals surface area contributed by atoms with Gasteiger partial charge in [0.15, 0.2) is 6.10 Å². The van der Waals surface area contributed by atoms with Crippen LogP contribution in [0.25, 0.3) is 0 Å². The monoisotopic (exact) mass is 294 g/mol. The van der Waals surface area contributed by atoms with Gasteiger partial charge in [-0.3, -0.25) is 0 Å². The number of ether oxygens (including phenoxy) is 1. The Labute approximate surface area is 114 Å². The first-order valence-electron chi connectivity index (χ1n) is 6.27. The fraction of sp³-hybridized carbons (Fsp3) is 0.909. The van der Waals surface area contributed by atoms with Crippen LogP contribution in [-0.2, 0) is 19.7 Å². The molecule has 0 aromatic rings. The van der Waals surface area contributed by atoms with Crippen LogP contribution >= 0.6 is 0 Å². The molecule has 0 aliphatic carbocycles. The molecule has 1 aliphatic heterocycles. The molecule has 3 atom stereocenters. The van der Waals surface area contributed by atoms with E-state index in [2.05, 4.69) is 9.46 Å².